The van der Waals surface area contributed by atoms with E-state index >= 15 is 0 Å². The number of allylic oxidation sites excluding steroid dienone is 1. The molecule has 1 atom stereocenters. The molecule has 0 aliphatic carbocycles. The Morgan fingerprint density at radius 2 is 1.91 bits per heavy atom. The van der Waals surface area contributed by atoms with Gasteiger partial charge in [0.25, 0.3) is 0 Å². The number of aliphatic hydroxyl groups excluding tert-OH is 1. The highest BCUT2D eigenvalue weighted by atomic mass is 28.3. The lowest BCUT2D eigenvalue weighted by Crippen LogP contribution is -2.15. The number of aliphatic hydroxyl groups is 1. The average Bonchev–Trinajstić information content (AvgIpc) is 1.78. The molecule has 0 aromatic carbocycles. The Morgan fingerprint density at radius 3 is 2.27 bits per heavy atom. The van der Waals surface area contributed by atoms with Gasteiger partial charge in [0.05, 0.1) is 8.07 Å². The van der Waals surface area contributed by atoms with Gasteiger partial charge in [0, 0.05) is 0 Å². The molecule has 0 heterocycles. The molecule has 0 radical (unpaired) electrons. The molecule has 1 N–H and O–H groups in total. The molecule has 0 aromatic rings. The zero-order valence-corrected chi connectivity index (χ0v) is 8.68. The van der Waals surface area contributed by atoms with Crippen LogP contribution in [0.25, 0.3) is 0 Å². The van der Waals surface area contributed by atoms with E-state index in [0.717, 1.165) is 0 Å². The molecule has 2 heteroatoms. The lowest BCUT2D eigenvalue weighted by Gasteiger charge is -2.05. The summed E-state index contributed by atoms with van der Waals surface area (Å²) in [4.78, 5) is 0. The van der Waals surface area contributed by atoms with Crippen molar-refractivity contribution in [1.29, 1.82) is 0 Å². The molecule has 0 amide bonds. The predicted octanol–water partition coefficient (Wildman–Crippen LogP) is 1.80. The van der Waals surface area contributed by atoms with Gasteiger partial charge in [0.2, 0.25) is 0 Å². The Balaban J connectivity index is 3.90. The molecule has 0 spiro atoms. The quantitative estimate of drug-likeness (QED) is 0.467. The van der Waals surface area contributed by atoms with Crippen molar-refractivity contribution in [3.8, 4) is 11.8 Å². The highest BCUT2D eigenvalue weighted by Crippen LogP contribution is 2.00. The Hall–Kier alpha value is -0.523. The smallest absolute Gasteiger partial charge is 0.112 e. The molecule has 0 fully saturated rings. The Kier molecular flexibility index (Phi) is 4.17. The van der Waals surface area contributed by atoms with Crippen LogP contribution in [0.2, 0.25) is 19.6 Å². The van der Waals surface area contributed by atoms with Crippen molar-refractivity contribution in [2.24, 2.45) is 0 Å². The summed E-state index contributed by atoms with van der Waals surface area (Å²) in [5.74, 6) is 5.45. The van der Waals surface area contributed by atoms with Crippen molar-refractivity contribution in [2.45, 2.75) is 32.7 Å². The summed E-state index contributed by atoms with van der Waals surface area (Å²) in [5, 5.41) is 8.79. The topological polar surface area (TPSA) is 20.2 Å². The first-order valence-corrected chi connectivity index (χ1v) is 7.36. The van der Waals surface area contributed by atoms with Gasteiger partial charge in [-0.05, 0) is 13.0 Å². The van der Waals surface area contributed by atoms with E-state index in [2.05, 4.69) is 37.2 Å². The van der Waals surface area contributed by atoms with Crippen molar-refractivity contribution < 1.29 is 5.11 Å². The van der Waals surface area contributed by atoms with Crippen LogP contribution in [-0.4, -0.2) is 19.3 Å². The molecule has 11 heavy (non-hydrogen) atoms. The van der Waals surface area contributed by atoms with Crippen molar-refractivity contribution >= 4 is 8.07 Å². The lowest BCUT2D eigenvalue weighted by molar-refractivity contribution is 0.253. The van der Waals surface area contributed by atoms with Gasteiger partial charge < -0.3 is 5.11 Å². The Bertz CT molecular complexity index is 188. The molecule has 0 saturated carbocycles. The SMILES string of the molecule is CC(O)C#C/C=C/[Si](C)(C)C. The molecule has 1 unspecified atom stereocenters. The van der Waals surface area contributed by atoms with Gasteiger partial charge in [-0.3, -0.25) is 0 Å². The fourth-order valence-electron chi connectivity index (χ4n) is 0.460. The summed E-state index contributed by atoms with van der Waals surface area (Å²) < 4.78 is 0. The fourth-order valence-corrected chi connectivity index (χ4v) is 1.04. The first-order chi connectivity index (χ1) is 4.92. The largest absolute Gasteiger partial charge is 0.381 e. The number of hydrogen-bond acceptors (Lipinski definition) is 1. The number of rotatable bonds is 1. The lowest BCUT2D eigenvalue weighted by atomic mass is 10.4. The minimum absolute atomic E-state index is 0.513. The second-order valence-corrected chi connectivity index (χ2v) is 8.73. The van der Waals surface area contributed by atoms with Crippen LogP contribution < -0.4 is 0 Å². The monoisotopic (exact) mass is 168 g/mol. The Labute approximate surface area is 70.1 Å². The second kappa shape index (κ2) is 4.37. The molecule has 62 valence electrons. The van der Waals surface area contributed by atoms with Crippen LogP contribution in [0, 0.1) is 11.8 Å². The van der Waals surface area contributed by atoms with E-state index < -0.39 is 14.2 Å². The molecule has 0 aliphatic rings. The van der Waals surface area contributed by atoms with Crippen LogP contribution in [0.1, 0.15) is 6.92 Å². The van der Waals surface area contributed by atoms with E-state index in [1.807, 2.05) is 6.08 Å². The summed E-state index contributed by atoms with van der Waals surface area (Å²) in [6.45, 7) is 8.39. The molecular weight excluding hydrogens is 152 g/mol. The first-order valence-electron chi connectivity index (χ1n) is 3.78. The maximum atomic E-state index is 8.79. The van der Waals surface area contributed by atoms with E-state index in [1.54, 1.807) is 6.92 Å². The molecular formula is C9H16OSi. The normalized spacial score (nSPS) is 14.3. The van der Waals surface area contributed by atoms with Crippen molar-refractivity contribution in [2.75, 3.05) is 0 Å². The van der Waals surface area contributed by atoms with Crippen LogP contribution in [0.15, 0.2) is 11.8 Å². The first kappa shape index (κ1) is 10.5. The van der Waals surface area contributed by atoms with E-state index in [-0.39, 0.29) is 0 Å². The predicted molar refractivity (Wildman–Crippen MR) is 51.9 cm³/mol. The molecule has 0 saturated heterocycles. The average molecular weight is 168 g/mol. The highest BCUT2D eigenvalue weighted by Gasteiger charge is 2.05. The summed E-state index contributed by atoms with van der Waals surface area (Å²) >= 11 is 0. The van der Waals surface area contributed by atoms with Crippen molar-refractivity contribution in [1.82, 2.24) is 0 Å². The van der Waals surface area contributed by atoms with Crippen LogP contribution in [0.4, 0.5) is 0 Å². The zero-order chi connectivity index (χ0) is 8.91. The third kappa shape index (κ3) is 9.48. The van der Waals surface area contributed by atoms with Gasteiger partial charge in [-0.1, -0.05) is 37.2 Å². The van der Waals surface area contributed by atoms with Crippen molar-refractivity contribution in [3.63, 3.8) is 0 Å². The summed E-state index contributed by atoms with van der Waals surface area (Å²) in [7, 11) is -1.09. The zero-order valence-electron chi connectivity index (χ0n) is 7.68. The van der Waals surface area contributed by atoms with Crippen LogP contribution in [-0.2, 0) is 0 Å². The third-order valence-electron chi connectivity index (χ3n) is 0.959. The maximum Gasteiger partial charge on any atom is 0.112 e. The van der Waals surface area contributed by atoms with Crippen LogP contribution in [0.3, 0.4) is 0 Å². The van der Waals surface area contributed by atoms with Crippen molar-refractivity contribution in [3.05, 3.63) is 11.8 Å². The van der Waals surface area contributed by atoms with Crippen LogP contribution in [0.5, 0.6) is 0 Å². The molecule has 0 bridgehead atoms. The van der Waals surface area contributed by atoms with E-state index in [0.29, 0.717) is 0 Å². The maximum absolute atomic E-state index is 8.79. The minimum atomic E-state index is -1.09. The highest BCUT2D eigenvalue weighted by molar-refractivity contribution is 6.81. The van der Waals surface area contributed by atoms with Gasteiger partial charge in [0.15, 0.2) is 0 Å². The van der Waals surface area contributed by atoms with Gasteiger partial charge in [-0.15, -0.1) is 0 Å². The standard InChI is InChI=1S/C9H16OSi/c1-9(10)7-5-6-8-11(2,3)4/h6,8-10H,1-4H3/b8-6+. The molecule has 0 aromatic heterocycles. The van der Waals surface area contributed by atoms with E-state index in [1.165, 1.54) is 0 Å². The summed E-state index contributed by atoms with van der Waals surface area (Å²) in [6, 6.07) is 0. The van der Waals surface area contributed by atoms with Gasteiger partial charge >= 0.3 is 0 Å². The van der Waals surface area contributed by atoms with Gasteiger partial charge in [-0.25, -0.2) is 0 Å². The molecule has 0 aliphatic heterocycles. The van der Waals surface area contributed by atoms with Gasteiger partial charge in [-0.2, -0.15) is 0 Å². The van der Waals surface area contributed by atoms with E-state index in [9.17, 15) is 0 Å². The van der Waals surface area contributed by atoms with E-state index in [4.69, 9.17) is 5.11 Å². The Morgan fingerprint density at radius 1 is 1.36 bits per heavy atom. The van der Waals surface area contributed by atoms with Gasteiger partial charge in [0.1, 0.15) is 6.10 Å². The summed E-state index contributed by atoms with van der Waals surface area (Å²) in [5.41, 5.74) is 2.16. The minimum Gasteiger partial charge on any atom is -0.381 e. The van der Waals surface area contributed by atoms with Crippen LogP contribution >= 0.6 is 0 Å². The molecule has 0 rings (SSSR count). The molecule has 1 nitrogen and oxygen atoms in total. The fraction of sp³-hybridized carbons (Fsp3) is 0.556. The third-order valence-corrected chi connectivity index (χ3v) is 2.13. The number of hydrogen-bond donors (Lipinski definition) is 1. The second-order valence-electron chi connectivity index (χ2n) is 3.66. The summed E-state index contributed by atoms with van der Waals surface area (Å²) in [6.07, 6.45) is 1.33.